The van der Waals surface area contributed by atoms with Gasteiger partial charge in [0.1, 0.15) is 0 Å². The predicted molar refractivity (Wildman–Crippen MR) is 124 cm³/mol. The summed E-state index contributed by atoms with van der Waals surface area (Å²) in [6, 6.07) is 8.07. The van der Waals surface area contributed by atoms with E-state index in [-0.39, 0.29) is 32.3 Å². The smallest absolute Gasteiger partial charge is 0.329 e. The van der Waals surface area contributed by atoms with Crippen LogP contribution in [0.4, 0.5) is 24.0 Å². The molecule has 0 spiro atoms. The molecule has 1 aromatic heterocycles. The normalized spacial score (nSPS) is 11.7. The minimum atomic E-state index is -4.61. The number of anilines is 2. The van der Waals surface area contributed by atoms with Crippen LogP contribution in [0, 0.1) is 0 Å². The van der Waals surface area contributed by atoms with Gasteiger partial charge in [-0.25, -0.2) is 4.98 Å². The van der Waals surface area contributed by atoms with E-state index in [0.29, 0.717) is 28.0 Å². The molecule has 0 saturated heterocycles. The molecule has 0 radical (unpaired) electrons. The van der Waals surface area contributed by atoms with Gasteiger partial charge >= 0.3 is 6.18 Å². The maximum Gasteiger partial charge on any atom is 0.434 e. The molecule has 0 aliphatic carbocycles. The lowest BCUT2D eigenvalue weighted by atomic mass is 10.1. The van der Waals surface area contributed by atoms with Gasteiger partial charge in [0.25, 0.3) is 0 Å². The average molecular weight is 550 g/mol. The van der Waals surface area contributed by atoms with Crippen LogP contribution in [0.5, 0.6) is 0 Å². The Morgan fingerprint density at radius 2 is 1.58 bits per heavy atom. The summed E-state index contributed by atoms with van der Waals surface area (Å²) >= 11 is 30.8. The summed E-state index contributed by atoms with van der Waals surface area (Å²) in [4.78, 5) is 3.73. The van der Waals surface area contributed by atoms with Gasteiger partial charge in [0.05, 0.1) is 30.7 Å². The van der Waals surface area contributed by atoms with Crippen molar-refractivity contribution in [2.45, 2.75) is 19.1 Å². The molecule has 0 unspecified atom stereocenters. The summed E-state index contributed by atoms with van der Waals surface area (Å²) in [7, 11) is 0. The maximum atomic E-state index is 13.5. The third kappa shape index (κ3) is 6.54. The zero-order valence-corrected chi connectivity index (χ0v) is 20.0. The summed E-state index contributed by atoms with van der Waals surface area (Å²) in [5.41, 5.74) is 0.175. The fourth-order valence-electron chi connectivity index (χ4n) is 2.64. The average Bonchev–Trinajstić information content (AvgIpc) is 3.08. The van der Waals surface area contributed by atoms with Gasteiger partial charge in [0, 0.05) is 11.6 Å². The second-order valence-electron chi connectivity index (χ2n) is 6.33. The molecule has 0 aliphatic rings. The minimum absolute atomic E-state index is 0.0136. The van der Waals surface area contributed by atoms with E-state index in [1.165, 1.54) is 12.1 Å². The Hall–Kier alpha value is -0.930. The minimum Gasteiger partial charge on any atom is -0.329 e. The van der Waals surface area contributed by atoms with E-state index in [9.17, 15) is 13.2 Å². The number of benzene rings is 2. The number of alkyl halides is 3. The topological polar surface area (TPSA) is 37.0 Å². The van der Waals surface area contributed by atoms with Crippen molar-refractivity contribution in [3.05, 3.63) is 71.6 Å². The Bertz CT molecular complexity index is 1070. The Balaban J connectivity index is 1.71. The molecule has 12 heteroatoms. The third-order valence-corrected chi connectivity index (χ3v) is 6.59. The van der Waals surface area contributed by atoms with E-state index in [0.717, 1.165) is 16.9 Å². The largest absolute Gasteiger partial charge is 0.434 e. The molecule has 0 fully saturated rings. The molecule has 2 N–H and O–H groups in total. The van der Waals surface area contributed by atoms with Crippen LogP contribution in [0.2, 0.25) is 25.1 Å². The van der Waals surface area contributed by atoms with Crippen LogP contribution in [-0.4, -0.2) is 11.5 Å². The van der Waals surface area contributed by atoms with E-state index < -0.39 is 11.9 Å². The zero-order chi connectivity index (χ0) is 22.8. The maximum absolute atomic E-state index is 13.5. The van der Waals surface area contributed by atoms with Gasteiger partial charge in [-0.05, 0) is 42.8 Å². The first-order chi connectivity index (χ1) is 14.5. The van der Waals surface area contributed by atoms with E-state index in [1.807, 2.05) is 6.07 Å². The van der Waals surface area contributed by atoms with E-state index in [2.05, 4.69) is 15.6 Å². The van der Waals surface area contributed by atoms with Crippen molar-refractivity contribution in [2.75, 3.05) is 11.9 Å². The molecule has 3 aromatic rings. The molecule has 3 nitrogen and oxygen atoms in total. The molecule has 3 rings (SSSR count). The number of nitrogens with zero attached hydrogens (tertiary/aromatic N) is 1. The van der Waals surface area contributed by atoms with Crippen LogP contribution in [0.15, 0.2) is 30.3 Å². The second-order valence-corrected chi connectivity index (χ2v) is 9.48. The van der Waals surface area contributed by atoms with Crippen molar-refractivity contribution in [1.29, 1.82) is 0 Å². The molecule has 0 aliphatic heterocycles. The highest BCUT2D eigenvalue weighted by Crippen LogP contribution is 2.40. The van der Waals surface area contributed by atoms with E-state index >= 15 is 0 Å². The number of aromatic nitrogens is 1. The van der Waals surface area contributed by atoms with Crippen LogP contribution in [0.3, 0.4) is 0 Å². The lowest BCUT2D eigenvalue weighted by Gasteiger charge is -2.08. The van der Waals surface area contributed by atoms with Crippen molar-refractivity contribution < 1.29 is 13.2 Å². The summed E-state index contributed by atoms with van der Waals surface area (Å²) in [6.45, 7) is 0.419. The number of halogens is 8. The molecular formula is C19H13Cl5F3N3S. The van der Waals surface area contributed by atoms with Gasteiger partial charge in [-0.2, -0.15) is 13.2 Å². The molecule has 2 aromatic carbocycles. The molecule has 0 saturated carbocycles. The fourth-order valence-corrected chi connectivity index (χ4v) is 4.83. The Morgan fingerprint density at radius 3 is 2.19 bits per heavy atom. The summed E-state index contributed by atoms with van der Waals surface area (Å²) in [5.74, 6) is 0. The van der Waals surface area contributed by atoms with E-state index in [1.54, 1.807) is 12.1 Å². The second kappa shape index (κ2) is 10.3. The summed E-state index contributed by atoms with van der Waals surface area (Å²) < 4.78 is 40.4. The first-order valence-electron chi connectivity index (χ1n) is 8.67. The van der Waals surface area contributed by atoms with Crippen molar-refractivity contribution in [3.8, 4) is 0 Å². The Morgan fingerprint density at radius 1 is 0.903 bits per heavy atom. The molecule has 0 atom stereocenters. The molecule has 1 heterocycles. The van der Waals surface area contributed by atoms with Crippen LogP contribution in [-0.2, 0) is 19.1 Å². The third-order valence-electron chi connectivity index (χ3n) is 4.06. The Labute approximate surface area is 205 Å². The van der Waals surface area contributed by atoms with Crippen LogP contribution >= 0.6 is 69.3 Å². The van der Waals surface area contributed by atoms with Gasteiger partial charge in [-0.3, -0.25) is 0 Å². The Kier molecular flexibility index (Phi) is 8.24. The van der Waals surface area contributed by atoms with Crippen molar-refractivity contribution in [1.82, 2.24) is 10.3 Å². The lowest BCUT2D eigenvalue weighted by molar-refractivity contribution is -0.141. The highest BCUT2D eigenvalue weighted by atomic mass is 35.5. The van der Waals surface area contributed by atoms with Crippen molar-refractivity contribution in [2.24, 2.45) is 0 Å². The predicted octanol–water partition coefficient (Wildman–Crippen LogP) is 8.50. The monoisotopic (exact) mass is 547 g/mol. The fraction of sp³-hybridized carbons (Fsp3) is 0.211. The number of hydrogen-bond donors (Lipinski definition) is 2. The van der Waals surface area contributed by atoms with Gasteiger partial charge in [-0.15, -0.1) is 0 Å². The van der Waals surface area contributed by atoms with Crippen molar-refractivity contribution in [3.63, 3.8) is 0 Å². The molecule has 166 valence electrons. The first-order valence-corrected chi connectivity index (χ1v) is 11.4. The highest BCUT2D eigenvalue weighted by molar-refractivity contribution is 7.15. The number of thiazole rings is 1. The number of nitrogens with one attached hydrogen (secondary N) is 2. The van der Waals surface area contributed by atoms with E-state index in [4.69, 9.17) is 58.0 Å². The van der Waals surface area contributed by atoms with Gasteiger partial charge in [0.15, 0.2) is 10.8 Å². The summed E-state index contributed by atoms with van der Waals surface area (Å²) in [6.07, 6.45) is -4.04. The highest BCUT2D eigenvalue weighted by Gasteiger charge is 2.37. The van der Waals surface area contributed by atoms with Gasteiger partial charge < -0.3 is 10.6 Å². The van der Waals surface area contributed by atoms with Crippen LogP contribution in [0.1, 0.15) is 16.1 Å². The summed E-state index contributed by atoms with van der Waals surface area (Å²) in [5, 5.41) is 7.29. The quantitative estimate of drug-likeness (QED) is 0.290. The molecule has 0 amide bonds. The van der Waals surface area contributed by atoms with Crippen molar-refractivity contribution >= 4 is 80.2 Å². The molecule has 0 bridgehead atoms. The van der Waals surface area contributed by atoms with Crippen LogP contribution < -0.4 is 10.6 Å². The number of hydrogen-bond acceptors (Lipinski definition) is 4. The SMILES string of the molecule is FC(F)(F)c1nc(Nc2c(Cl)cc(Cl)cc2Cl)sc1CNCCc1ccc(Cl)c(Cl)c1. The van der Waals surface area contributed by atoms with Crippen LogP contribution in [0.25, 0.3) is 0 Å². The van der Waals surface area contributed by atoms with Gasteiger partial charge in [0.2, 0.25) is 0 Å². The first kappa shape index (κ1) is 24.7. The standard InChI is InChI=1S/C19H13Cl5F3N3S/c20-10-6-13(23)16(14(24)7-10)29-18-30-17(19(25,26)27)15(31-18)8-28-4-3-9-1-2-11(21)12(22)5-9/h1-2,5-7,28H,3-4,8H2,(H,29,30). The molecular weight excluding hydrogens is 537 g/mol. The number of rotatable bonds is 7. The lowest BCUT2D eigenvalue weighted by Crippen LogP contribution is -2.19. The zero-order valence-electron chi connectivity index (χ0n) is 15.4. The molecule has 31 heavy (non-hydrogen) atoms. The van der Waals surface area contributed by atoms with Gasteiger partial charge in [-0.1, -0.05) is 75.4 Å².